The Kier molecular flexibility index (Phi) is 9.82. The highest BCUT2D eigenvalue weighted by Crippen LogP contribution is 2.40. The van der Waals surface area contributed by atoms with E-state index in [-0.39, 0.29) is 18.2 Å². The van der Waals surface area contributed by atoms with Crippen LogP contribution in [0.5, 0.6) is 0 Å². The molecule has 0 saturated carbocycles. The number of aliphatic hydroxyl groups excluding tert-OH is 1. The minimum absolute atomic E-state index is 0.139. The van der Waals surface area contributed by atoms with Gasteiger partial charge < -0.3 is 24.4 Å². The molecule has 0 bridgehead atoms. The summed E-state index contributed by atoms with van der Waals surface area (Å²) in [6, 6.07) is 10.2. The molecule has 0 aliphatic carbocycles. The van der Waals surface area contributed by atoms with Gasteiger partial charge in [0.05, 0.1) is 38.1 Å². The molecule has 12 heteroatoms. The molecule has 0 aliphatic rings. The van der Waals surface area contributed by atoms with E-state index in [1.165, 1.54) is 0 Å². The normalized spacial score (nSPS) is 11.9. The third kappa shape index (κ3) is 6.49. The van der Waals surface area contributed by atoms with Crippen LogP contribution in [0.3, 0.4) is 0 Å². The number of hydrogen-bond acceptors (Lipinski definition) is 7. The predicted molar refractivity (Wildman–Crippen MR) is 150 cm³/mol. The number of rotatable bonds is 6. The van der Waals surface area contributed by atoms with Gasteiger partial charge in [-0.3, -0.25) is 0 Å². The van der Waals surface area contributed by atoms with Crippen LogP contribution in [0.15, 0.2) is 45.4 Å². The van der Waals surface area contributed by atoms with Gasteiger partial charge in [-0.2, -0.15) is 0 Å². The minimum Gasteiger partial charge on any atom is -0.391 e. The van der Waals surface area contributed by atoms with Crippen LogP contribution in [-0.4, -0.2) is 25.6 Å². The third-order valence-corrected chi connectivity index (χ3v) is 6.91. The van der Waals surface area contributed by atoms with Gasteiger partial charge >= 0.3 is 0 Å². The molecule has 0 unspecified atom stereocenters. The Morgan fingerprint density at radius 2 is 1.03 bits per heavy atom. The maximum atomic E-state index is 10.0. The molecule has 7 nitrogen and oxygen atoms in total. The number of aliphatic hydroxyl groups is 3. The molecule has 2 aromatic heterocycles. The lowest BCUT2D eigenvalue weighted by molar-refractivity contribution is 0.0448. The first-order valence-corrected chi connectivity index (χ1v) is 13.2. The maximum absolute atomic E-state index is 10.0. The van der Waals surface area contributed by atoms with Crippen LogP contribution >= 0.6 is 58.0 Å². The lowest BCUT2D eigenvalue weighted by Gasteiger charge is -2.14. The molecule has 0 radical (unpaired) electrons. The summed E-state index contributed by atoms with van der Waals surface area (Å²) in [5.41, 5.74) is 0.375. The van der Waals surface area contributed by atoms with Gasteiger partial charge in [-0.25, -0.2) is 0 Å². The molecule has 2 aromatic carbocycles. The van der Waals surface area contributed by atoms with E-state index in [1.807, 2.05) is 0 Å². The number of nitrogens with zero attached hydrogens (tertiary/aromatic N) is 2. The van der Waals surface area contributed by atoms with Gasteiger partial charge in [0, 0.05) is 16.7 Å². The Labute approximate surface area is 244 Å². The molecule has 204 valence electrons. The summed E-state index contributed by atoms with van der Waals surface area (Å²) >= 11 is 30.4. The molecule has 0 atom stereocenters. The van der Waals surface area contributed by atoms with Crippen molar-refractivity contribution in [2.45, 2.75) is 51.4 Å². The van der Waals surface area contributed by atoms with Gasteiger partial charge in [0.15, 0.2) is 11.5 Å². The zero-order valence-electron chi connectivity index (χ0n) is 20.8. The van der Waals surface area contributed by atoms with Crippen LogP contribution < -0.4 is 0 Å². The minimum atomic E-state index is -1.25. The summed E-state index contributed by atoms with van der Waals surface area (Å²) in [5, 5.41) is 39.1. The Hall–Kier alpha value is -1.81. The van der Waals surface area contributed by atoms with E-state index in [4.69, 9.17) is 67.1 Å². The molecule has 4 aromatic rings. The largest absolute Gasteiger partial charge is 0.391 e. The zero-order chi connectivity index (χ0) is 28.4. The summed E-state index contributed by atoms with van der Waals surface area (Å²) in [7, 11) is 0. The van der Waals surface area contributed by atoms with Crippen molar-refractivity contribution in [2.24, 2.45) is 0 Å². The van der Waals surface area contributed by atoms with Crippen molar-refractivity contribution in [3.63, 3.8) is 0 Å². The van der Waals surface area contributed by atoms with Crippen molar-refractivity contribution in [1.82, 2.24) is 10.3 Å². The van der Waals surface area contributed by atoms with Gasteiger partial charge in [0.1, 0.15) is 22.6 Å². The molecule has 0 saturated heterocycles. The third-order valence-electron chi connectivity index (χ3n) is 5.38. The fraction of sp³-hybridized carbons (Fsp3) is 0.308. The van der Waals surface area contributed by atoms with E-state index in [0.29, 0.717) is 59.5 Å². The van der Waals surface area contributed by atoms with Gasteiger partial charge in [0.25, 0.3) is 0 Å². The van der Waals surface area contributed by atoms with Gasteiger partial charge in [-0.1, -0.05) is 68.8 Å². The number of benzene rings is 2. The molecular formula is C26H25Cl5N2O5. The second-order valence-electron chi connectivity index (χ2n) is 9.28. The Balaban J connectivity index is 0.000000211. The van der Waals surface area contributed by atoms with Gasteiger partial charge in [-0.05, 0) is 52.0 Å². The molecular weight excluding hydrogens is 598 g/mol. The number of halogens is 5. The lowest BCUT2D eigenvalue weighted by atomic mass is 9.98. The van der Waals surface area contributed by atoms with Crippen LogP contribution in [0, 0.1) is 0 Å². The first-order valence-electron chi connectivity index (χ1n) is 11.2. The number of alkyl halides is 1. The van der Waals surface area contributed by atoms with Crippen LogP contribution in [-0.2, 0) is 23.7 Å². The van der Waals surface area contributed by atoms with E-state index in [9.17, 15) is 15.3 Å². The first-order chi connectivity index (χ1) is 17.7. The SMILES string of the molecule is CC(C)(O)c1onc(-c2c(Cl)cccc2Cl)c1CCl.CC(C)(O)c1onc(-c2c(Cl)cccc2Cl)c1CO. The predicted octanol–water partition coefficient (Wildman–Crippen LogP) is 7.98. The highest BCUT2D eigenvalue weighted by molar-refractivity contribution is 6.39. The molecule has 38 heavy (non-hydrogen) atoms. The van der Waals surface area contributed by atoms with Gasteiger partial charge in [-0.15, -0.1) is 11.6 Å². The second-order valence-corrected chi connectivity index (χ2v) is 11.2. The average Bonchev–Trinajstić information content (AvgIpc) is 3.43. The molecule has 4 rings (SSSR count). The monoisotopic (exact) mass is 620 g/mol. The Morgan fingerprint density at radius 3 is 1.34 bits per heavy atom. The summed E-state index contributed by atoms with van der Waals surface area (Å²) in [5.74, 6) is 0.647. The summed E-state index contributed by atoms with van der Waals surface area (Å²) in [6.07, 6.45) is 0. The van der Waals surface area contributed by atoms with E-state index in [1.54, 1.807) is 64.1 Å². The van der Waals surface area contributed by atoms with Crippen LogP contribution in [0.1, 0.15) is 50.3 Å². The van der Waals surface area contributed by atoms with Crippen LogP contribution in [0.4, 0.5) is 0 Å². The summed E-state index contributed by atoms with van der Waals surface area (Å²) in [6.45, 7) is 5.96. The standard InChI is InChI=1S/C13H12Cl3NO2.C13H13Cl2NO3/c1-13(2,18)12-7(6-14)11(17-19-12)10-8(15)4-3-5-9(10)16;1-13(2,18)12-7(6-17)11(16-19-12)10-8(14)4-3-5-9(10)15/h3-5,18H,6H2,1-2H3;3-5,17-18H,6H2,1-2H3. The Bertz CT molecular complexity index is 1270. The molecule has 0 aliphatic heterocycles. The van der Waals surface area contributed by atoms with Gasteiger partial charge in [0.2, 0.25) is 0 Å². The number of aromatic nitrogens is 2. The quantitative estimate of drug-likeness (QED) is 0.187. The maximum Gasteiger partial charge on any atom is 0.173 e. The van der Waals surface area contributed by atoms with Crippen molar-refractivity contribution >= 4 is 58.0 Å². The zero-order valence-corrected chi connectivity index (χ0v) is 24.6. The molecule has 0 fully saturated rings. The fourth-order valence-corrected chi connectivity index (χ4v) is 5.09. The topological polar surface area (TPSA) is 113 Å². The van der Waals surface area contributed by atoms with E-state index in [0.717, 1.165) is 0 Å². The molecule has 2 heterocycles. The molecule has 0 spiro atoms. The van der Waals surface area contributed by atoms with Crippen molar-refractivity contribution in [3.8, 4) is 22.5 Å². The van der Waals surface area contributed by atoms with Crippen LogP contribution in [0.25, 0.3) is 22.5 Å². The lowest BCUT2D eigenvalue weighted by Crippen LogP contribution is -2.16. The van der Waals surface area contributed by atoms with Crippen molar-refractivity contribution in [3.05, 3.63) is 79.1 Å². The van der Waals surface area contributed by atoms with E-state index in [2.05, 4.69) is 10.3 Å². The second kappa shape index (κ2) is 12.1. The van der Waals surface area contributed by atoms with Crippen molar-refractivity contribution < 1.29 is 24.4 Å². The Morgan fingerprint density at radius 1 is 0.684 bits per heavy atom. The van der Waals surface area contributed by atoms with Crippen LogP contribution in [0.2, 0.25) is 20.1 Å². The summed E-state index contributed by atoms with van der Waals surface area (Å²) in [4.78, 5) is 0. The van der Waals surface area contributed by atoms with E-state index >= 15 is 0 Å². The smallest absolute Gasteiger partial charge is 0.173 e. The molecule has 3 N–H and O–H groups in total. The highest BCUT2D eigenvalue weighted by atomic mass is 35.5. The summed E-state index contributed by atoms with van der Waals surface area (Å²) < 4.78 is 10.4. The van der Waals surface area contributed by atoms with Crippen molar-refractivity contribution in [2.75, 3.05) is 0 Å². The molecule has 0 amide bonds. The van der Waals surface area contributed by atoms with Crippen molar-refractivity contribution in [1.29, 1.82) is 0 Å². The average molecular weight is 623 g/mol. The fourth-order valence-electron chi connectivity index (χ4n) is 3.69. The first kappa shape index (κ1) is 30.7. The van der Waals surface area contributed by atoms with E-state index < -0.39 is 11.2 Å². The number of hydrogen-bond donors (Lipinski definition) is 3. The highest BCUT2D eigenvalue weighted by Gasteiger charge is 2.31.